The Kier molecular flexibility index (Phi) is 7.63. The van der Waals surface area contributed by atoms with Gasteiger partial charge in [0.05, 0.1) is 17.7 Å². The summed E-state index contributed by atoms with van der Waals surface area (Å²) in [5.74, 6) is -0.276. The van der Waals surface area contributed by atoms with Crippen molar-refractivity contribution in [2.24, 2.45) is 5.92 Å². The second-order valence-corrected chi connectivity index (χ2v) is 7.18. The van der Waals surface area contributed by atoms with Gasteiger partial charge in [-0.15, -0.1) is 0 Å². The molecule has 21 heavy (non-hydrogen) atoms. The minimum absolute atomic E-state index is 0.0144. The highest BCUT2D eigenvalue weighted by Gasteiger charge is 2.26. The molecule has 2 unspecified atom stereocenters. The molecule has 0 aromatic heterocycles. The lowest BCUT2D eigenvalue weighted by Gasteiger charge is -2.32. The second-order valence-electron chi connectivity index (χ2n) is 7.18. The molecule has 1 fully saturated rings. The maximum absolute atomic E-state index is 10.7. The maximum atomic E-state index is 10.7. The van der Waals surface area contributed by atoms with Crippen LogP contribution in [0.1, 0.15) is 72.1 Å². The van der Waals surface area contributed by atoms with E-state index >= 15 is 0 Å². The number of carboxylic acid groups (broad SMARTS) is 1. The van der Waals surface area contributed by atoms with Gasteiger partial charge in [-0.2, -0.15) is 5.48 Å². The van der Waals surface area contributed by atoms with Crippen molar-refractivity contribution in [2.45, 2.75) is 89.9 Å². The van der Waals surface area contributed by atoms with E-state index in [1.165, 1.54) is 32.1 Å². The normalized spacial score (nSPS) is 20.2. The van der Waals surface area contributed by atoms with Gasteiger partial charge in [-0.25, -0.2) is 0 Å². The van der Waals surface area contributed by atoms with Gasteiger partial charge < -0.3 is 10.2 Å². The number of hydrogen-bond acceptors (Lipinski definition) is 4. The molecule has 1 rings (SSSR count). The number of nitrogens with one attached hydrogen (secondary N) is 1. The highest BCUT2D eigenvalue weighted by molar-refractivity contribution is 5.66. The zero-order valence-corrected chi connectivity index (χ0v) is 13.6. The predicted molar refractivity (Wildman–Crippen MR) is 81.8 cm³/mol. The Labute approximate surface area is 128 Å². The molecule has 5 heteroatoms. The lowest BCUT2D eigenvalue weighted by molar-refractivity contribution is -0.138. The average Bonchev–Trinajstić information content (AvgIpc) is 2.41. The fraction of sp³-hybridized carbons (Fsp3) is 0.938. The third-order valence-electron chi connectivity index (χ3n) is 3.95. The first-order valence-electron chi connectivity index (χ1n) is 8.11. The number of aliphatic hydroxyl groups is 1. The molecule has 0 bridgehead atoms. The van der Waals surface area contributed by atoms with Crippen molar-refractivity contribution >= 4 is 5.97 Å². The fourth-order valence-electron chi connectivity index (χ4n) is 2.79. The Morgan fingerprint density at radius 3 is 2.43 bits per heavy atom. The summed E-state index contributed by atoms with van der Waals surface area (Å²) < 4.78 is 0. The molecule has 3 N–H and O–H groups in total. The lowest BCUT2D eigenvalue weighted by Crippen LogP contribution is -2.45. The monoisotopic (exact) mass is 301 g/mol. The molecule has 1 aliphatic carbocycles. The summed E-state index contributed by atoms with van der Waals surface area (Å²) in [6.45, 7) is 5.84. The van der Waals surface area contributed by atoms with Crippen LogP contribution in [0.4, 0.5) is 0 Å². The summed E-state index contributed by atoms with van der Waals surface area (Å²) in [7, 11) is 0. The van der Waals surface area contributed by atoms with Crippen molar-refractivity contribution in [1.29, 1.82) is 0 Å². The Hall–Kier alpha value is -0.650. The van der Waals surface area contributed by atoms with Crippen LogP contribution in [0.25, 0.3) is 0 Å². The Morgan fingerprint density at radius 1 is 1.29 bits per heavy atom. The number of aliphatic carboxylic acids is 1. The summed E-state index contributed by atoms with van der Waals surface area (Å²) >= 11 is 0. The summed E-state index contributed by atoms with van der Waals surface area (Å²) in [5, 5.41) is 19.0. The molecule has 1 aliphatic rings. The smallest absolute Gasteiger partial charge is 0.303 e. The quantitative estimate of drug-likeness (QED) is 0.601. The van der Waals surface area contributed by atoms with Crippen LogP contribution in [0.5, 0.6) is 0 Å². The van der Waals surface area contributed by atoms with E-state index in [4.69, 9.17) is 9.94 Å². The maximum Gasteiger partial charge on any atom is 0.303 e. The van der Waals surface area contributed by atoms with E-state index in [0.29, 0.717) is 5.92 Å². The minimum atomic E-state index is -0.873. The van der Waals surface area contributed by atoms with Crippen LogP contribution < -0.4 is 5.48 Å². The standard InChI is InChI=1S/C16H31NO4/c1-16(2,3)21-17-13(14(18)9-10-15(19)20)11-12-7-5-4-6-8-12/h12-14,17-18H,4-11H2,1-3H3,(H,19,20). The van der Waals surface area contributed by atoms with Crippen molar-refractivity contribution in [3.63, 3.8) is 0 Å². The number of hydroxylamine groups is 1. The van der Waals surface area contributed by atoms with Gasteiger partial charge >= 0.3 is 5.97 Å². The first kappa shape index (κ1) is 18.4. The highest BCUT2D eigenvalue weighted by Crippen LogP contribution is 2.28. The summed E-state index contributed by atoms with van der Waals surface area (Å²) in [4.78, 5) is 16.3. The third kappa shape index (κ3) is 8.39. The first-order valence-corrected chi connectivity index (χ1v) is 8.11. The van der Waals surface area contributed by atoms with E-state index < -0.39 is 12.1 Å². The van der Waals surface area contributed by atoms with Crippen LogP contribution >= 0.6 is 0 Å². The van der Waals surface area contributed by atoms with E-state index in [0.717, 1.165) is 6.42 Å². The van der Waals surface area contributed by atoms with Crippen molar-refractivity contribution in [3.05, 3.63) is 0 Å². The molecule has 124 valence electrons. The van der Waals surface area contributed by atoms with E-state index in [1.807, 2.05) is 20.8 Å². The highest BCUT2D eigenvalue weighted by atomic mass is 16.7. The van der Waals surface area contributed by atoms with E-state index in [1.54, 1.807) is 0 Å². The van der Waals surface area contributed by atoms with Crippen LogP contribution in [0, 0.1) is 5.92 Å². The van der Waals surface area contributed by atoms with Gasteiger partial charge in [0.1, 0.15) is 0 Å². The fourth-order valence-corrected chi connectivity index (χ4v) is 2.79. The molecule has 0 radical (unpaired) electrons. The van der Waals surface area contributed by atoms with Gasteiger partial charge in [-0.3, -0.25) is 9.63 Å². The topological polar surface area (TPSA) is 78.8 Å². The largest absolute Gasteiger partial charge is 0.481 e. The minimum Gasteiger partial charge on any atom is -0.481 e. The molecule has 2 atom stereocenters. The molecule has 0 aromatic carbocycles. The lowest BCUT2D eigenvalue weighted by atomic mass is 9.83. The Bertz CT molecular complexity index is 308. The first-order chi connectivity index (χ1) is 9.78. The zero-order valence-electron chi connectivity index (χ0n) is 13.6. The molecule has 0 spiro atoms. The number of rotatable bonds is 8. The molecule has 0 saturated heterocycles. The van der Waals surface area contributed by atoms with Crippen molar-refractivity contribution in [2.75, 3.05) is 0 Å². The molecular weight excluding hydrogens is 270 g/mol. The Balaban J connectivity index is 2.52. The van der Waals surface area contributed by atoms with Crippen LogP contribution in [-0.4, -0.2) is 33.9 Å². The van der Waals surface area contributed by atoms with Gasteiger partial charge in [0.25, 0.3) is 0 Å². The number of hydrogen-bond donors (Lipinski definition) is 3. The van der Waals surface area contributed by atoms with Crippen LogP contribution in [0.2, 0.25) is 0 Å². The zero-order chi connectivity index (χ0) is 15.9. The van der Waals surface area contributed by atoms with Crippen molar-refractivity contribution in [1.82, 2.24) is 5.48 Å². The molecular formula is C16H31NO4. The van der Waals surface area contributed by atoms with Crippen LogP contribution in [0.3, 0.4) is 0 Å². The molecule has 5 nitrogen and oxygen atoms in total. The van der Waals surface area contributed by atoms with E-state index in [9.17, 15) is 9.90 Å². The molecule has 1 saturated carbocycles. The number of carbonyl (C=O) groups is 1. The summed E-state index contributed by atoms with van der Waals surface area (Å²) in [6.07, 6.45) is 6.59. The van der Waals surface area contributed by atoms with Gasteiger partial charge in [0.15, 0.2) is 0 Å². The van der Waals surface area contributed by atoms with Crippen LogP contribution in [0.15, 0.2) is 0 Å². The molecule has 0 aromatic rings. The second kappa shape index (κ2) is 8.71. The molecule has 0 aliphatic heterocycles. The van der Waals surface area contributed by atoms with E-state index in [-0.39, 0.29) is 24.5 Å². The number of aliphatic hydroxyl groups excluding tert-OH is 1. The van der Waals surface area contributed by atoms with E-state index in [2.05, 4.69) is 5.48 Å². The number of carboxylic acids is 1. The van der Waals surface area contributed by atoms with Gasteiger partial charge in [-0.05, 0) is 39.5 Å². The summed E-state index contributed by atoms with van der Waals surface area (Å²) in [6, 6.07) is -0.202. The SMILES string of the molecule is CC(C)(C)ONC(CC1CCCCC1)C(O)CCC(=O)O. The van der Waals surface area contributed by atoms with Crippen LogP contribution in [-0.2, 0) is 9.63 Å². The third-order valence-corrected chi connectivity index (χ3v) is 3.95. The molecule has 0 amide bonds. The van der Waals surface area contributed by atoms with Gasteiger partial charge in [0, 0.05) is 6.42 Å². The summed E-state index contributed by atoms with van der Waals surface area (Å²) in [5.41, 5.74) is 2.65. The van der Waals surface area contributed by atoms with Crippen molar-refractivity contribution in [3.8, 4) is 0 Å². The van der Waals surface area contributed by atoms with Gasteiger partial charge in [-0.1, -0.05) is 32.1 Å². The van der Waals surface area contributed by atoms with Crippen molar-refractivity contribution < 1.29 is 19.8 Å². The average molecular weight is 301 g/mol. The molecule has 0 heterocycles. The van der Waals surface area contributed by atoms with Gasteiger partial charge in [0.2, 0.25) is 0 Å². The predicted octanol–water partition coefficient (Wildman–Crippen LogP) is 2.87. The Morgan fingerprint density at radius 2 is 1.90 bits per heavy atom.